The minimum absolute atomic E-state index is 0.0216. The van der Waals surface area contributed by atoms with Gasteiger partial charge < -0.3 is 60.9 Å². The lowest BCUT2D eigenvalue weighted by Gasteiger charge is -2.37. The Balaban J connectivity index is 1.52. The molecular formula is C80H111N7O17S2. The van der Waals surface area contributed by atoms with Crippen molar-refractivity contribution in [2.45, 2.75) is 195 Å². The van der Waals surface area contributed by atoms with Gasteiger partial charge in [-0.05, 0) is 94.4 Å². The minimum atomic E-state index is -1.81. The normalized spacial score (nSPS) is 18.3. The van der Waals surface area contributed by atoms with E-state index in [0.717, 1.165) is 5.75 Å². The maximum atomic E-state index is 15.7. The molecule has 4 aromatic carbocycles. The summed E-state index contributed by atoms with van der Waals surface area (Å²) in [4.78, 5) is 174. The number of Topliss-reactive ketones (excluding diaryl/α,β-unsaturated/α-hetero) is 3. The first-order valence-corrected chi connectivity index (χ1v) is 39.1. The van der Waals surface area contributed by atoms with Gasteiger partial charge in [-0.2, -0.15) is 0 Å². The van der Waals surface area contributed by atoms with Crippen molar-refractivity contribution >= 4 is 92.4 Å². The second-order valence-corrected chi connectivity index (χ2v) is 32.3. The molecule has 24 nitrogen and oxygen atoms in total. The van der Waals surface area contributed by atoms with Crippen molar-refractivity contribution in [2.24, 2.45) is 35.5 Å². The number of cyclic esters (lactones) is 1. The number of alkyl carbamates (subject to hydrolysis) is 1. The lowest BCUT2D eigenvalue weighted by atomic mass is 9.76. The number of carbonyl (C=O) groups is 12. The molecule has 0 aromatic heterocycles. The Morgan fingerprint density at radius 3 is 1.66 bits per heavy atom. The molecule has 0 radical (unpaired) electrons. The second-order valence-electron chi connectivity index (χ2n) is 29.5. The van der Waals surface area contributed by atoms with Crippen LogP contribution in [0.1, 0.15) is 164 Å². The van der Waals surface area contributed by atoms with E-state index in [1.54, 1.807) is 89.6 Å². The van der Waals surface area contributed by atoms with Gasteiger partial charge in [0.15, 0.2) is 17.3 Å². The zero-order valence-corrected chi connectivity index (χ0v) is 65.3. The van der Waals surface area contributed by atoms with Crippen molar-refractivity contribution in [1.82, 2.24) is 37.2 Å². The molecule has 0 aliphatic carbocycles. The van der Waals surface area contributed by atoms with Gasteiger partial charge in [-0.15, -0.1) is 0 Å². The van der Waals surface area contributed by atoms with Gasteiger partial charge >= 0.3 is 18.0 Å². The fraction of sp³-hybridized carbons (Fsp3) is 0.550. The van der Waals surface area contributed by atoms with Gasteiger partial charge in [0.05, 0.1) is 56.6 Å². The quantitative estimate of drug-likeness (QED) is 0.00727. The summed E-state index contributed by atoms with van der Waals surface area (Å²) in [7, 11) is 2.98. The molecule has 9 atom stereocenters. The van der Waals surface area contributed by atoms with Crippen LogP contribution in [0, 0.1) is 35.5 Å². The number of carbonyl (C=O) groups excluding carboxylic acids is 12. The molecule has 1 heterocycles. The number of ketones is 3. The van der Waals surface area contributed by atoms with E-state index < -0.39 is 174 Å². The molecule has 1 aliphatic rings. The van der Waals surface area contributed by atoms with Crippen LogP contribution in [0.4, 0.5) is 4.79 Å². The summed E-state index contributed by atoms with van der Waals surface area (Å²) in [6.07, 6.45) is -3.34. The van der Waals surface area contributed by atoms with Crippen LogP contribution < -0.4 is 37.2 Å². The van der Waals surface area contributed by atoms with Crippen LogP contribution in [-0.4, -0.2) is 163 Å². The molecule has 106 heavy (non-hydrogen) atoms. The smallest absolute Gasteiger partial charge is 0.408 e. The highest BCUT2D eigenvalue weighted by Gasteiger charge is 2.42. The number of ether oxygens (including phenoxy) is 5. The predicted octanol–water partition coefficient (Wildman–Crippen LogP) is 9.26. The Morgan fingerprint density at radius 1 is 0.575 bits per heavy atom. The first kappa shape index (κ1) is 88.2. The number of benzene rings is 4. The maximum Gasteiger partial charge on any atom is 0.408 e. The summed E-state index contributed by atoms with van der Waals surface area (Å²) in [6.45, 7) is 21.8. The van der Waals surface area contributed by atoms with E-state index in [1.165, 1.54) is 10.8 Å². The Bertz CT molecular complexity index is 3420. The van der Waals surface area contributed by atoms with E-state index in [9.17, 15) is 38.4 Å². The van der Waals surface area contributed by atoms with Gasteiger partial charge in [0.2, 0.25) is 35.4 Å². The Labute approximate surface area is 632 Å². The topological polar surface area (TPSA) is 335 Å². The molecule has 1 fully saturated rings. The van der Waals surface area contributed by atoms with E-state index in [2.05, 4.69) is 37.2 Å². The van der Waals surface area contributed by atoms with Crippen LogP contribution >= 0.6 is 21.6 Å². The van der Waals surface area contributed by atoms with Crippen LogP contribution in [0.5, 0.6) is 0 Å². The van der Waals surface area contributed by atoms with Crippen molar-refractivity contribution in [1.29, 1.82) is 0 Å². The number of hydrogen-bond donors (Lipinski definition) is 7. The van der Waals surface area contributed by atoms with Crippen molar-refractivity contribution < 1.29 is 81.2 Å². The van der Waals surface area contributed by atoms with Crippen molar-refractivity contribution in [3.8, 4) is 0 Å². The Morgan fingerprint density at radius 2 is 1.11 bits per heavy atom. The maximum absolute atomic E-state index is 15.7. The summed E-state index contributed by atoms with van der Waals surface area (Å²) >= 11 is 0. The van der Waals surface area contributed by atoms with Gasteiger partial charge in [-0.1, -0.05) is 198 Å². The van der Waals surface area contributed by atoms with E-state index in [-0.39, 0.29) is 70.3 Å². The molecule has 1 saturated heterocycles. The molecule has 26 heteroatoms. The van der Waals surface area contributed by atoms with Gasteiger partial charge in [0.25, 0.3) is 0 Å². The third-order valence-corrected chi connectivity index (χ3v) is 19.8. The first-order chi connectivity index (χ1) is 50.2. The van der Waals surface area contributed by atoms with Crippen molar-refractivity contribution in [3.63, 3.8) is 0 Å². The van der Waals surface area contributed by atoms with Crippen LogP contribution in [0.15, 0.2) is 121 Å². The van der Waals surface area contributed by atoms with Gasteiger partial charge in [-0.25, -0.2) is 4.79 Å². The third kappa shape index (κ3) is 30.4. The largest absolute Gasteiger partial charge is 0.465 e. The highest BCUT2D eigenvalue weighted by Crippen LogP contribution is 2.37. The Kier molecular flexibility index (Phi) is 36.6. The number of hydrogen-bond acceptors (Lipinski definition) is 19. The fourth-order valence-corrected chi connectivity index (χ4v) is 13.9. The zero-order valence-electron chi connectivity index (χ0n) is 63.7. The molecule has 1 aliphatic heterocycles. The van der Waals surface area contributed by atoms with E-state index in [0.29, 0.717) is 34.4 Å². The number of amides is 7. The molecule has 0 bridgehead atoms. The summed E-state index contributed by atoms with van der Waals surface area (Å²) in [6, 6.07) is 29.2. The summed E-state index contributed by atoms with van der Waals surface area (Å²) < 4.78 is 28.4. The number of nitrogens with one attached hydrogen (secondary N) is 7. The van der Waals surface area contributed by atoms with Gasteiger partial charge in [-0.3, -0.25) is 52.7 Å². The molecular weight excluding hydrogens is 1400 g/mol. The predicted molar refractivity (Wildman–Crippen MR) is 407 cm³/mol. The summed E-state index contributed by atoms with van der Waals surface area (Å²) in [5, 5.41) is 19.6. The summed E-state index contributed by atoms with van der Waals surface area (Å²) in [5.41, 5.74) is -0.765. The summed E-state index contributed by atoms with van der Waals surface area (Å²) in [5.74, 6) is -12.2. The van der Waals surface area contributed by atoms with E-state index in [4.69, 9.17) is 23.7 Å². The highest BCUT2D eigenvalue weighted by molar-refractivity contribution is 8.76. The highest BCUT2D eigenvalue weighted by atomic mass is 33.1. The average molecular weight is 1510 g/mol. The molecule has 4 aromatic rings. The van der Waals surface area contributed by atoms with Crippen LogP contribution in [0.2, 0.25) is 0 Å². The third-order valence-electron chi connectivity index (χ3n) is 17.3. The number of esters is 2. The Hall–Kier alpha value is -8.46. The molecule has 0 spiro atoms. The van der Waals surface area contributed by atoms with Crippen molar-refractivity contribution in [3.05, 3.63) is 144 Å². The molecule has 0 saturated carbocycles. The SMILES string of the molecule is CCSSC[C@H](NC(=O)OC(C)(C)C)C(=O)NCCOCCOCC(=O)C[C@H](C(=O)N[C@@H](CC(=O)NC(c1ccccc1)(c1ccccc1)c1ccccc1)C(=O)C[C@H]1COC(=O)[C@H](CC(C)C)CC(=O)[C@H](CC(C)C)NC(=O)[C@H](Cc2ccccc2)NC(=O)[C@H](CC(=O)OC(C)(C)C)NC1=O)C(C)CC. The first-order valence-electron chi connectivity index (χ1n) is 36.6. The molecule has 7 amide bonds. The lowest BCUT2D eigenvalue weighted by molar-refractivity contribution is -0.157. The zero-order chi connectivity index (χ0) is 78.2. The van der Waals surface area contributed by atoms with Gasteiger partial charge in [0.1, 0.15) is 48.1 Å². The molecule has 5 rings (SSSR count). The molecule has 1 unspecified atom stereocenters. The number of rotatable bonds is 37. The standard InChI is InChI=1S/C80H111N7O17S2/c1-14-53(7)61(45-60(88)49-101-39-38-100-37-36-81-73(95)66(50-106-105-15-2)86-77(99)104-79(11,12)13)72(94)82-63(46-69(91)87-80(57-30-22-17-23-31-57,58-32-24-18-25-33-58)59-34-26-19-27-35-59)68(90)44-56-48-102-76(98)55(40-51(3)4)43-67(89)62(41-52(5)6)83-74(96)64(42-54-28-20-16-21-29-54)85-75(97)65(84-71(56)93)47-70(92)103-78(8,9)10/h16-35,51-53,55-56,61-66H,14-15,36-50H2,1-13H3,(H,81,95)(H,82,94)(H,83,96)(H,84,93)(H,85,97)(H,86,99)(H,87,91)/t53?,55-,56+,61+,62+,63+,64+,65+,66+/m1/s1. The molecule has 580 valence electrons. The van der Waals surface area contributed by atoms with Gasteiger partial charge in [0, 0.05) is 49.7 Å². The van der Waals surface area contributed by atoms with Crippen molar-refractivity contribution in [2.75, 3.05) is 51.1 Å². The van der Waals surface area contributed by atoms with E-state index in [1.807, 2.05) is 133 Å². The molecule has 7 N–H and O–H groups in total. The lowest BCUT2D eigenvalue weighted by Crippen LogP contribution is -2.58. The van der Waals surface area contributed by atoms with Crippen LogP contribution in [0.3, 0.4) is 0 Å². The second kappa shape index (κ2) is 44.0. The van der Waals surface area contributed by atoms with Crippen LogP contribution in [0.25, 0.3) is 0 Å². The monoisotopic (exact) mass is 1510 g/mol. The van der Waals surface area contributed by atoms with E-state index >= 15 is 19.2 Å². The van der Waals surface area contributed by atoms with Crippen LogP contribution in [-0.2, 0) is 88.4 Å². The fourth-order valence-electron chi connectivity index (χ4n) is 12.0. The minimum Gasteiger partial charge on any atom is -0.465 e. The average Bonchev–Trinajstić information content (AvgIpc) is 0.754.